The third-order valence-corrected chi connectivity index (χ3v) is 4.90. The summed E-state index contributed by atoms with van der Waals surface area (Å²) in [7, 11) is -0.975. The van der Waals surface area contributed by atoms with Gasteiger partial charge in [0.2, 0.25) is 0 Å². The van der Waals surface area contributed by atoms with E-state index in [1.165, 1.54) is 29.5 Å². The summed E-state index contributed by atoms with van der Waals surface area (Å²) in [5.41, 5.74) is 3.98. The van der Waals surface area contributed by atoms with Crippen LogP contribution in [-0.4, -0.2) is 15.9 Å². The van der Waals surface area contributed by atoms with Crippen molar-refractivity contribution in [2.45, 2.75) is 39.3 Å². The van der Waals surface area contributed by atoms with E-state index in [-0.39, 0.29) is 0 Å². The summed E-state index contributed by atoms with van der Waals surface area (Å²) in [5, 5.41) is 0. The van der Waals surface area contributed by atoms with Crippen LogP contribution in [0.4, 0.5) is 0 Å². The van der Waals surface area contributed by atoms with Crippen molar-refractivity contribution in [3.8, 4) is 0 Å². The molecule has 1 aliphatic heterocycles. The minimum Gasteiger partial charge on any atom is -0.393 e. The molecule has 2 rings (SSSR count). The summed E-state index contributed by atoms with van der Waals surface area (Å²) in [6, 6.07) is 7.52. The fourth-order valence-corrected chi connectivity index (χ4v) is 3.47. The van der Waals surface area contributed by atoms with Crippen LogP contribution in [0.25, 0.3) is 0 Å². The van der Waals surface area contributed by atoms with E-state index in [0.717, 1.165) is 12.7 Å². The second-order valence-corrected chi connectivity index (χ2v) is 6.15. The summed E-state index contributed by atoms with van der Waals surface area (Å²) < 4.78 is 11.5. The average molecular weight is 235 g/mol. The van der Waals surface area contributed by atoms with Crippen molar-refractivity contribution in [1.82, 2.24) is 0 Å². The fraction of sp³-hybridized carbons (Fsp3) is 0.538. The van der Waals surface area contributed by atoms with E-state index in [4.69, 9.17) is 8.85 Å². The van der Waals surface area contributed by atoms with Gasteiger partial charge in [0.05, 0.1) is 6.61 Å². The van der Waals surface area contributed by atoms with E-state index in [9.17, 15) is 0 Å². The molecule has 1 aromatic rings. The lowest BCUT2D eigenvalue weighted by atomic mass is 10.0. The Kier molecular flexibility index (Phi) is 4.15. The largest absolute Gasteiger partial charge is 0.393 e. The van der Waals surface area contributed by atoms with Crippen LogP contribution in [0.5, 0.6) is 0 Å². The van der Waals surface area contributed by atoms with E-state index < -0.39 is 9.28 Å². The van der Waals surface area contributed by atoms with E-state index in [0.29, 0.717) is 6.61 Å². The van der Waals surface area contributed by atoms with Gasteiger partial charge < -0.3 is 8.85 Å². The Morgan fingerprint density at radius 3 is 2.94 bits per heavy atom. The fourth-order valence-electron chi connectivity index (χ4n) is 1.87. The second-order valence-electron chi connectivity index (χ2n) is 4.33. The molecule has 2 nitrogen and oxygen atoms in total. The molecule has 3 heteroatoms. The van der Waals surface area contributed by atoms with Gasteiger partial charge in [0.15, 0.2) is 0 Å². The molecule has 0 saturated carbocycles. The predicted molar refractivity (Wildman–Crippen MR) is 66.5 cm³/mol. The summed E-state index contributed by atoms with van der Waals surface area (Å²) in [6.07, 6.45) is 2.46. The number of hydrogen-bond donors (Lipinski definition) is 0. The molecule has 87 valence electrons. The second kappa shape index (κ2) is 5.62. The van der Waals surface area contributed by atoms with Crippen LogP contribution in [-0.2, 0) is 15.5 Å². The van der Waals surface area contributed by atoms with Crippen LogP contribution in [0.3, 0.4) is 0 Å². The van der Waals surface area contributed by atoms with Gasteiger partial charge in [-0.05, 0) is 49.4 Å². The number of benzene rings is 1. The standard InChI is InChI=1S/C13H19O2Si/c1-11-6-5-7-13(12(11)2)10-15-16-9-4-3-8-14-16/h5-7H,3-4,8-10H2,1-2H3. The molecule has 0 aliphatic carbocycles. The summed E-state index contributed by atoms with van der Waals surface area (Å²) in [4.78, 5) is 0. The molecule has 0 unspecified atom stereocenters. The highest BCUT2D eigenvalue weighted by molar-refractivity contribution is 6.44. The Hall–Kier alpha value is -0.643. The summed E-state index contributed by atoms with van der Waals surface area (Å²) in [6.45, 7) is 5.90. The third-order valence-electron chi connectivity index (χ3n) is 3.14. The van der Waals surface area contributed by atoms with Crippen LogP contribution >= 0.6 is 0 Å². The van der Waals surface area contributed by atoms with Gasteiger partial charge in [0.25, 0.3) is 0 Å². The zero-order valence-electron chi connectivity index (χ0n) is 10.1. The van der Waals surface area contributed by atoms with Gasteiger partial charge in [-0.25, -0.2) is 0 Å². The van der Waals surface area contributed by atoms with Crippen molar-refractivity contribution in [3.05, 3.63) is 34.9 Å². The van der Waals surface area contributed by atoms with Gasteiger partial charge >= 0.3 is 9.28 Å². The molecule has 0 spiro atoms. The first kappa shape index (κ1) is 11.8. The normalized spacial score (nSPS) is 17.6. The first-order valence-electron chi connectivity index (χ1n) is 5.94. The molecule has 0 atom stereocenters. The monoisotopic (exact) mass is 235 g/mol. The van der Waals surface area contributed by atoms with Gasteiger partial charge in [0.1, 0.15) is 0 Å². The maximum absolute atomic E-state index is 5.88. The lowest BCUT2D eigenvalue weighted by Gasteiger charge is -2.20. The van der Waals surface area contributed by atoms with Gasteiger partial charge in [-0.15, -0.1) is 0 Å². The maximum atomic E-state index is 5.88. The molecule has 0 bridgehead atoms. The lowest BCUT2D eigenvalue weighted by molar-refractivity contribution is 0.170. The van der Waals surface area contributed by atoms with Crippen molar-refractivity contribution < 1.29 is 8.85 Å². The molecule has 16 heavy (non-hydrogen) atoms. The Morgan fingerprint density at radius 1 is 1.31 bits per heavy atom. The zero-order chi connectivity index (χ0) is 11.4. The zero-order valence-corrected chi connectivity index (χ0v) is 11.1. The molecular weight excluding hydrogens is 216 g/mol. The van der Waals surface area contributed by atoms with E-state index in [1.54, 1.807) is 0 Å². The molecule has 1 saturated heterocycles. The quantitative estimate of drug-likeness (QED) is 0.749. The molecule has 1 radical (unpaired) electrons. The Balaban J connectivity index is 1.91. The van der Waals surface area contributed by atoms with Crippen molar-refractivity contribution in [3.63, 3.8) is 0 Å². The van der Waals surface area contributed by atoms with Gasteiger partial charge in [-0.2, -0.15) is 0 Å². The Bertz CT molecular complexity index is 346. The van der Waals surface area contributed by atoms with Crippen LogP contribution in [0, 0.1) is 13.8 Å². The third kappa shape index (κ3) is 2.94. The first-order chi connectivity index (χ1) is 7.77. The lowest BCUT2D eigenvalue weighted by Crippen LogP contribution is -2.26. The number of rotatable bonds is 3. The molecule has 1 aliphatic rings. The Morgan fingerprint density at radius 2 is 2.19 bits per heavy atom. The van der Waals surface area contributed by atoms with Crippen molar-refractivity contribution >= 4 is 9.28 Å². The number of aryl methyl sites for hydroxylation is 1. The van der Waals surface area contributed by atoms with E-state index >= 15 is 0 Å². The van der Waals surface area contributed by atoms with Crippen molar-refractivity contribution in [2.75, 3.05) is 6.61 Å². The Labute approximate surface area is 99.4 Å². The first-order valence-corrected chi connectivity index (χ1v) is 7.46. The molecule has 1 aromatic carbocycles. The number of hydrogen-bond acceptors (Lipinski definition) is 2. The van der Waals surface area contributed by atoms with Crippen LogP contribution in [0.15, 0.2) is 18.2 Å². The highest BCUT2D eigenvalue weighted by atomic mass is 28.3. The van der Waals surface area contributed by atoms with Gasteiger partial charge in [-0.3, -0.25) is 0 Å². The molecule has 0 N–H and O–H groups in total. The van der Waals surface area contributed by atoms with E-state index in [2.05, 4.69) is 32.0 Å². The summed E-state index contributed by atoms with van der Waals surface area (Å²) >= 11 is 0. The van der Waals surface area contributed by atoms with Gasteiger partial charge in [-0.1, -0.05) is 18.2 Å². The summed E-state index contributed by atoms with van der Waals surface area (Å²) in [5.74, 6) is 0. The molecule has 0 amide bonds. The van der Waals surface area contributed by atoms with Crippen molar-refractivity contribution in [2.24, 2.45) is 0 Å². The topological polar surface area (TPSA) is 18.5 Å². The molecule has 0 aromatic heterocycles. The van der Waals surface area contributed by atoms with Crippen molar-refractivity contribution in [1.29, 1.82) is 0 Å². The molecule has 1 heterocycles. The average Bonchev–Trinajstić information content (AvgIpc) is 2.32. The minimum atomic E-state index is -0.975. The minimum absolute atomic E-state index is 0.710. The maximum Gasteiger partial charge on any atom is 0.384 e. The highest BCUT2D eigenvalue weighted by Crippen LogP contribution is 2.17. The van der Waals surface area contributed by atoms with E-state index in [1.807, 2.05) is 0 Å². The molecule has 1 fully saturated rings. The smallest absolute Gasteiger partial charge is 0.384 e. The van der Waals surface area contributed by atoms with Crippen LogP contribution in [0.1, 0.15) is 29.5 Å². The SMILES string of the molecule is Cc1cccc(CO[Si]2CCCCO2)c1C. The predicted octanol–water partition coefficient (Wildman–Crippen LogP) is 3.12. The van der Waals surface area contributed by atoms with Crippen LogP contribution < -0.4 is 0 Å². The van der Waals surface area contributed by atoms with Gasteiger partial charge in [0, 0.05) is 6.61 Å². The molecular formula is C13H19O2Si. The highest BCUT2D eigenvalue weighted by Gasteiger charge is 2.19. The van der Waals surface area contributed by atoms with Crippen LogP contribution in [0.2, 0.25) is 6.04 Å².